The van der Waals surface area contributed by atoms with Crippen molar-refractivity contribution in [1.29, 1.82) is 0 Å². The number of fused-ring (bicyclic) bond motifs is 2. The number of hydrogen-bond acceptors (Lipinski definition) is 5. The molecule has 2 aliphatic heterocycles. The average Bonchev–Trinajstić information content (AvgIpc) is 3.29. The van der Waals surface area contributed by atoms with Crippen molar-refractivity contribution in [1.82, 2.24) is 15.1 Å². The maximum Gasteiger partial charge on any atom is 0.325 e. The average molecular weight is 434 g/mol. The number of morpholine rings is 1. The van der Waals surface area contributed by atoms with Crippen LogP contribution in [0, 0.1) is 0 Å². The number of hydrogen-bond donors (Lipinski definition) is 2. The summed E-state index contributed by atoms with van der Waals surface area (Å²) in [5.74, 6) is -0.763. The van der Waals surface area contributed by atoms with E-state index >= 15 is 0 Å². The highest BCUT2D eigenvalue weighted by atomic mass is 16.5. The lowest BCUT2D eigenvalue weighted by molar-refractivity contribution is -0.134. The molecule has 0 saturated carbocycles. The predicted octanol–water partition coefficient (Wildman–Crippen LogP) is 1.85. The molecule has 8 heteroatoms. The number of imide groups is 1. The number of carbonyl (C=O) groups is 3. The van der Waals surface area contributed by atoms with Crippen LogP contribution in [0.1, 0.15) is 23.1 Å². The monoisotopic (exact) mass is 434 g/mol. The van der Waals surface area contributed by atoms with Crippen LogP contribution in [0.2, 0.25) is 0 Å². The summed E-state index contributed by atoms with van der Waals surface area (Å²) in [6, 6.07) is 14.8. The van der Waals surface area contributed by atoms with Gasteiger partial charge < -0.3 is 15.4 Å². The lowest BCUT2D eigenvalue weighted by Gasteiger charge is -2.26. The number of urea groups is 1. The molecule has 1 atom stereocenters. The van der Waals surface area contributed by atoms with Crippen LogP contribution in [0.25, 0.3) is 0 Å². The van der Waals surface area contributed by atoms with Crippen LogP contribution < -0.4 is 10.6 Å². The second kappa shape index (κ2) is 8.37. The molecule has 1 spiro atoms. The first-order valence-corrected chi connectivity index (χ1v) is 11.0. The minimum Gasteiger partial charge on any atom is -0.379 e. The zero-order valence-corrected chi connectivity index (χ0v) is 17.8. The van der Waals surface area contributed by atoms with Crippen molar-refractivity contribution in [3.63, 3.8) is 0 Å². The van der Waals surface area contributed by atoms with Crippen molar-refractivity contribution >= 4 is 23.5 Å². The van der Waals surface area contributed by atoms with Gasteiger partial charge in [0.2, 0.25) is 5.91 Å². The largest absolute Gasteiger partial charge is 0.379 e. The summed E-state index contributed by atoms with van der Waals surface area (Å²) < 4.78 is 5.37. The van der Waals surface area contributed by atoms with Crippen LogP contribution >= 0.6 is 0 Å². The molecule has 2 saturated heterocycles. The van der Waals surface area contributed by atoms with E-state index in [0.717, 1.165) is 60.9 Å². The number of amides is 4. The summed E-state index contributed by atoms with van der Waals surface area (Å²) in [7, 11) is 0. The smallest absolute Gasteiger partial charge is 0.325 e. The Kier molecular flexibility index (Phi) is 5.40. The molecule has 2 fully saturated rings. The van der Waals surface area contributed by atoms with Crippen LogP contribution in [0.15, 0.2) is 48.5 Å². The van der Waals surface area contributed by atoms with Gasteiger partial charge in [-0.05, 0) is 41.7 Å². The van der Waals surface area contributed by atoms with E-state index in [1.165, 1.54) is 0 Å². The molecule has 2 heterocycles. The molecule has 2 N–H and O–H groups in total. The normalized spacial score (nSPS) is 22.8. The van der Waals surface area contributed by atoms with Crippen LogP contribution in [0.5, 0.6) is 0 Å². The fourth-order valence-electron chi connectivity index (χ4n) is 4.79. The number of nitrogens with one attached hydrogen (secondary N) is 2. The molecule has 8 nitrogen and oxygen atoms in total. The molecule has 166 valence electrons. The lowest BCUT2D eigenvalue weighted by atomic mass is 9.92. The van der Waals surface area contributed by atoms with Gasteiger partial charge in [-0.1, -0.05) is 36.4 Å². The quantitative estimate of drug-likeness (QED) is 0.701. The first-order chi connectivity index (χ1) is 15.5. The lowest BCUT2D eigenvalue weighted by Crippen LogP contribution is -2.43. The van der Waals surface area contributed by atoms with Crippen LogP contribution in [0.3, 0.4) is 0 Å². The van der Waals surface area contributed by atoms with Gasteiger partial charge >= 0.3 is 6.03 Å². The number of aryl methyl sites for hydroxylation is 1. The first-order valence-electron chi connectivity index (χ1n) is 11.0. The molecule has 0 radical (unpaired) electrons. The Balaban J connectivity index is 1.21. The van der Waals surface area contributed by atoms with Crippen LogP contribution in [-0.4, -0.2) is 60.5 Å². The maximum absolute atomic E-state index is 13.2. The van der Waals surface area contributed by atoms with E-state index < -0.39 is 17.5 Å². The predicted molar refractivity (Wildman–Crippen MR) is 118 cm³/mol. The number of rotatable bonds is 5. The van der Waals surface area contributed by atoms with Gasteiger partial charge in [0, 0.05) is 25.3 Å². The number of benzene rings is 2. The summed E-state index contributed by atoms with van der Waals surface area (Å²) >= 11 is 0. The third-order valence-electron chi connectivity index (χ3n) is 6.47. The summed E-state index contributed by atoms with van der Waals surface area (Å²) in [5.41, 5.74) is 2.63. The first kappa shape index (κ1) is 20.7. The van der Waals surface area contributed by atoms with Crippen molar-refractivity contribution in [2.75, 3.05) is 38.2 Å². The summed E-state index contributed by atoms with van der Waals surface area (Å²) in [4.78, 5) is 41.7. The molecule has 1 unspecified atom stereocenters. The molecule has 2 aromatic rings. The van der Waals surface area contributed by atoms with Crippen molar-refractivity contribution in [3.05, 3.63) is 65.2 Å². The zero-order chi connectivity index (χ0) is 22.1. The summed E-state index contributed by atoms with van der Waals surface area (Å²) in [6.07, 6.45) is 1.23. The Bertz CT molecular complexity index is 1050. The van der Waals surface area contributed by atoms with E-state index in [1.807, 2.05) is 48.5 Å². The van der Waals surface area contributed by atoms with E-state index in [4.69, 9.17) is 4.74 Å². The molecule has 2 aromatic carbocycles. The van der Waals surface area contributed by atoms with Crippen molar-refractivity contribution in [3.8, 4) is 0 Å². The Morgan fingerprint density at radius 2 is 1.81 bits per heavy atom. The fourth-order valence-corrected chi connectivity index (χ4v) is 4.79. The molecule has 4 amide bonds. The zero-order valence-electron chi connectivity index (χ0n) is 17.8. The van der Waals surface area contributed by atoms with Crippen LogP contribution in [-0.2, 0) is 32.8 Å². The summed E-state index contributed by atoms with van der Waals surface area (Å²) in [5, 5.41) is 5.64. The number of ether oxygens (including phenoxy) is 1. The molecule has 0 bridgehead atoms. The molecular weight excluding hydrogens is 408 g/mol. The number of carbonyl (C=O) groups excluding carboxylic acids is 3. The second-order valence-electron chi connectivity index (χ2n) is 8.52. The number of nitrogens with zero attached hydrogens (tertiary/aromatic N) is 2. The standard InChI is InChI=1S/C24H26N4O4/c29-21(25-19-7-5-17(6-8-19)15-27-11-13-32-14-12-27)16-28-22(30)24(26-23(28)31)10-9-18-3-1-2-4-20(18)24/h1-8H,9-16H2,(H,25,29)(H,26,31). The van der Waals surface area contributed by atoms with Gasteiger partial charge in [0.1, 0.15) is 12.1 Å². The molecule has 5 rings (SSSR count). The van der Waals surface area contributed by atoms with Gasteiger partial charge in [0.15, 0.2) is 0 Å². The van der Waals surface area contributed by atoms with Gasteiger partial charge in [-0.3, -0.25) is 19.4 Å². The van der Waals surface area contributed by atoms with Gasteiger partial charge in [0.05, 0.1) is 13.2 Å². The van der Waals surface area contributed by atoms with E-state index in [-0.39, 0.29) is 12.5 Å². The van der Waals surface area contributed by atoms with E-state index in [2.05, 4.69) is 15.5 Å². The Hall–Kier alpha value is -3.23. The molecular formula is C24H26N4O4. The second-order valence-corrected chi connectivity index (χ2v) is 8.52. The van der Waals surface area contributed by atoms with Crippen molar-refractivity contribution < 1.29 is 19.1 Å². The molecule has 3 aliphatic rings. The van der Waals surface area contributed by atoms with Gasteiger partial charge in [0.25, 0.3) is 5.91 Å². The van der Waals surface area contributed by atoms with Gasteiger partial charge in [-0.2, -0.15) is 0 Å². The van der Waals surface area contributed by atoms with Gasteiger partial charge in [-0.15, -0.1) is 0 Å². The minimum atomic E-state index is -1.05. The molecule has 0 aromatic heterocycles. The summed E-state index contributed by atoms with van der Waals surface area (Å²) in [6.45, 7) is 3.86. The van der Waals surface area contributed by atoms with E-state index in [0.29, 0.717) is 12.1 Å². The minimum absolute atomic E-state index is 0.315. The van der Waals surface area contributed by atoms with Crippen LogP contribution in [0.4, 0.5) is 10.5 Å². The van der Waals surface area contributed by atoms with Gasteiger partial charge in [-0.25, -0.2) is 4.79 Å². The molecule has 32 heavy (non-hydrogen) atoms. The SMILES string of the molecule is O=C(CN1C(=O)NC2(CCc3ccccc32)C1=O)Nc1ccc(CN2CCOCC2)cc1. The Labute approximate surface area is 186 Å². The van der Waals surface area contributed by atoms with E-state index in [1.54, 1.807) is 0 Å². The Morgan fingerprint density at radius 3 is 2.59 bits per heavy atom. The fraction of sp³-hybridized carbons (Fsp3) is 0.375. The van der Waals surface area contributed by atoms with Crippen molar-refractivity contribution in [2.24, 2.45) is 0 Å². The molecule has 1 aliphatic carbocycles. The highest BCUT2D eigenvalue weighted by Crippen LogP contribution is 2.41. The Morgan fingerprint density at radius 1 is 1.06 bits per heavy atom. The topological polar surface area (TPSA) is 91.0 Å². The van der Waals surface area contributed by atoms with E-state index in [9.17, 15) is 14.4 Å². The van der Waals surface area contributed by atoms with Crippen molar-refractivity contribution in [2.45, 2.75) is 24.9 Å². The highest BCUT2D eigenvalue weighted by Gasteiger charge is 2.55. The highest BCUT2D eigenvalue weighted by molar-refractivity contribution is 6.10. The number of anilines is 1. The third kappa shape index (κ3) is 3.76. The third-order valence-corrected chi connectivity index (χ3v) is 6.47. The maximum atomic E-state index is 13.2.